The summed E-state index contributed by atoms with van der Waals surface area (Å²) in [6, 6.07) is 11.7. The lowest BCUT2D eigenvalue weighted by molar-refractivity contribution is -0.146. The second-order valence-corrected chi connectivity index (χ2v) is 9.81. The van der Waals surface area contributed by atoms with Crippen LogP contribution in [-0.4, -0.2) is 42.3 Å². The maximum Gasteiger partial charge on any atom is 0.326 e. The molecule has 34 heavy (non-hydrogen) atoms. The van der Waals surface area contributed by atoms with Crippen LogP contribution in [0.25, 0.3) is 6.08 Å². The van der Waals surface area contributed by atoms with E-state index in [1.54, 1.807) is 19.3 Å². The quantitative estimate of drug-likeness (QED) is 0.154. The number of imide groups is 1. The van der Waals surface area contributed by atoms with Gasteiger partial charge in [-0.1, -0.05) is 43.2 Å². The van der Waals surface area contributed by atoms with Crippen LogP contribution in [0.15, 0.2) is 41.3 Å². The molecule has 1 aliphatic rings. The monoisotopic (exact) mass is 595 g/mol. The molecule has 0 unspecified atom stereocenters. The Labute approximate surface area is 217 Å². The van der Waals surface area contributed by atoms with E-state index in [4.69, 9.17) is 14.2 Å². The predicted octanol–water partition coefficient (Wildman–Crippen LogP) is 5.57. The Morgan fingerprint density at radius 2 is 1.91 bits per heavy atom. The van der Waals surface area contributed by atoms with Crippen molar-refractivity contribution >= 4 is 57.5 Å². The number of unbranched alkanes of at least 4 members (excludes halogenated alkanes) is 1. The van der Waals surface area contributed by atoms with Crippen molar-refractivity contribution in [3.63, 3.8) is 0 Å². The van der Waals surface area contributed by atoms with Crippen molar-refractivity contribution in [3.05, 3.63) is 61.6 Å². The summed E-state index contributed by atoms with van der Waals surface area (Å²) in [5, 5.41) is -0.497. The molecule has 1 heterocycles. The van der Waals surface area contributed by atoms with E-state index < -0.39 is 23.7 Å². The van der Waals surface area contributed by atoms with Crippen LogP contribution in [0.1, 0.15) is 36.5 Å². The molecule has 0 bridgehead atoms. The fourth-order valence-corrected chi connectivity index (χ4v) is 4.72. The molecule has 0 aromatic heterocycles. The summed E-state index contributed by atoms with van der Waals surface area (Å²) in [5.41, 5.74) is 2.90. The average Bonchev–Trinajstić information content (AvgIpc) is 3.06. The van der Waals surface area contributed by atoms with Crippen LogP contribution in [-0.2, 0) is 20.9 Å². The molecule has 2 aromatic carbocycles. The number of rotatable bonds is 10. The lowest BCUT2D eigenvalue weighted by Crippen LogP contribution is -2.34. The van der Waals surface area contributed by atoms with Gasteiger partial charge in [-0.2, -0.15) is 0 Å². The first-order valence-electron chi connectivity index (χ1n) is 10.8. The zero-order valence-corrected chi connectivity index (χ0v) is 22.2. The van der Waals surface area contributed by atoms with E-state index in [1.807, 2.05) is 44.2 Å². The molecule has 0 radical (unpaired) electrons. The molecule has 0 aliphatic carbocycles. The van der Waals surface area contributed by atoms with E-state index in [9.17, 15) is 14.4 Å². The van der Waals surface area contributed by atoms with Crippen LogP contribution in [0.2, 0.25) is 0 Å². The van der Waals surface area contributed by atoms with Gasteiger partial charge in [0.1, 0.15) is 13.2 Å². The molecule has 0 N–H and O–H groups in total. The van der Waals surface area contributed by atoms with Gasteiger partial charge in [0.05, 0.1) is 22.2 Å². The normalized spacial score (nSPS) is 14.6. The largest absolute Gasteiger partial charge is 0.493 e. The fraction of sp³-hybridized carbons (Fsp3) is 0.320. The number of carbonyl (C=O) groups is 3. The van der Waals surface area contributed by atoms with Crippen molar-refractivity contribution in [2.24, 2.45) is 0 Å². The number of aryl methyl sites for hydroxylation is 1. The van der Waals surface area contributed by atoms with Crippen LogP contribution in [0.5, 0.6) is 11.5 Å². The van der Waals surface area contributed by atoms with Crippen LogP contribution >= 0.6 is 34.4 Å². The van der Waals surface area contributed by atoms with Gasteiger partial charge < -0.3 is 14.2 Å². The van der Waals surface area contributed by atoms with Crippen molar-refractivity contribution < 1.29 is 28.6 Å². The topological polar surface area (TPSA) is 82.1 Å². The summed E-state index contributed by atoms with van der Waals surface area (Å²) < 4.78 is 17.4. The van der Waals surface area contributed by atoms with Crippen molar-refractivity contribution in [2.45, 2.75) is 33.3 Å². The third-order valence-electron chi connectivity index (χ3n) is 4.98. The molecule has 1 fully saturated rings. The highest BCUT2D eigenvalue weighted by molar-refractivity contribution is 14.1. The van der Waals surface area contributed by atoms with E-state index in [1.165, 1.54) is 5.56 Å². The molecule has 3 rings (SSSR count). The minimum Gasteiger partial charge on any atom is -0.493 e. The Morgan fingerprint density at radius 3 is 2.59 bits per heavy atom. The molecular weight excluding hydrogens is 569 g/mol. The number of hydrogen-bond donors (Lipinski definition) is 0. The highest BCUT2D eigenvalue weighted by Gasteiger charge is 2.36. The van der Waals surface area contributed by atoms with Gasteiger partial charge in [-0.25, -0.2) is 0 Å². The molecule has 7 nitrogen and oxygen atoms in total. The number of hydrogen-bond acceptors (Lipinski definition) is 7. The van der Waals surface area contributed by atoms with Crippen LogP contribution < -0.4 is 9.47 Å². The number of esters is 1. The minimum atomic E-state index is -0.594. The third kappa shape index (κ3) is 6.75. The molecule has 0 saturated carbocycles. The van der Waals surface area contributed by atoms with Crippen LogP contribution in [0.4, 0.5) is 4.79 Å². The SMILES string of the molecule is CCCCOC(=O)CN1C(=O)S/C(=C\c2cc(I)c(OCc3ccc(C)cc3)c(OC)c2)C1=O. The van der Waals surface area contributed by atoms with E-state index >= 15 is 0 Å². The fourth-order valence-electron chi connectivity index (χ4n) is 3.10. The first-order valence-corrected chi connectivity index (χ1v) is 12.7. The van der Waals surface area contributed by atoms with Crippen LogP contribution in [0.3, 0.4) is 0 Å². The van der Waals surface area contributed by atoms with Gasteiger partial charge in [0, 0.05) is 0 Å². The number of methoxy groups -OCH3 is 1. The van der Waals surface area contributed by atoms with Crippen molar-refractivity contribution in [3.8, 4) is 11.5 Å². The first kappa shape index (κ1) is 26.1. The van der Waals surface area contributed by atoms with Crippen molar-refractivity contribution in [1.82, 2.24) is 4.90 Å². The second-order valence-electron chi connectivity index (χ2n) is 7.65. The van der Waals surface area contributed by atoms with Crippen LogP contribution in [0, 0.1) is 10.5 Å². The smallest absolute Gasteiger partial charge is 0.326 e. The van der Waals surface area contributed by atoms with Gasteiger partial charge in [-0.05, 0) is 77.0 Å². The molecule has 1 aliphatic heterocycles. The molecule has 180 valence electrons. The summed E-state index contributed by atoms with van der Waals surface area (Å²) in [7, 11) is 1.55. The Hall–Kier alpha value is -2.53. The number of benzene rings is 2. The molecule has 2 aromatic rings. The maximum atomic E-state index is 12.7. The van der Waals surface area contributed by atoms with Gasteiger partial charge in [0.2, 0.25) is 0 Å². The van der Waals surface area contributed by atoms with E-state index in [-0.39, 0.29) is 11.5 Å². The van der Waals surface area contributed by atoms with Gasteiger partial charge in [0.15, 0.2) is 11.5 Å². The van der Waals surface area contributed by atoms with Gasteiger partial charge in [0.25, 0.3) is 11.1 Å². The highest BCUT2D eigenvalue weighted by atomic mass is 127. The number of thioether (sulfide) groups is 1. The summed E-state index contributed by atoms with van der Waals surface area (Å²) in [6.45, 7) is 4.28. The lowest BCUT2D eigenvalue weighted by Gasteiger charge is -2.14. The average molecular weight is 595 g/mol. The number of carbonyl (C=O) groups excluding carboxylic acids is 3. The Morgan fingerprint density at radius 1 is 1.18 bits per heavy atom. The summed E-state index contributed by atoms with van der Waals surface area (Å²) in [4.78, 5) is 38.1. The molecular formula is C25H26INO6S. The highest BCUT2D eigenvalue weighted by Crippen LogP contribution is 2.37. The van der Waals surface area contributed by atoms with E-state index in [0.717, 1.165) is 38.6 Å². The molecule has 1 saturated heterocycles. The van der Waals surface area contributed by atoms with Gasteiger partial charge >= 0.3 is 5.97 Å². The van der Waals surface area contributed by atoms with E-state index in [0.29, 0.717) is 23.7 Å². The third-order valence-corrected chi connectivity index (χ3v) is 6.68. The Balaban J connectivity index is 1.73. The van der Waals surface area contributed by atoms with Gasteiger partial charge in [-0.15, -0.1) is 0 Å². The number of amides is 2. The Kier molecular flexibility index (Phi) is 9.40. The number of nitrogens with zero attached hydrogens (tertiary/aromatic N) is 1. The standard InChI is InChI=1S/C25H26INO6S/c1-4-5-10-32-22(28)14-27-24(29)21(34-25(27)30)13-18-11-19(26)23(20(12-18)31-3)33-15-17-8-6-16(2)7-9-17/h6-9,11-13H,4-5,10,14-15H2,1-3H3/b21-13-. The molecule has 9 heteroatoms. The molecule has 0 atom stereocenters. The number of halogens is 1. The minimum absolute atomic E-state index is 0.234. The summed E-state index contributed by atoms with van der Waals surface area (Å²) >= 11 is 2.95. The molecule has 2 amide bonds. The molecule has 0 spiro atoms. The predicted molar refractivity (Wildman–Crippen MR) is 140 cm³/mol. The second kappa shape index (κ2) is 12.3. The van der Waals surface area contributed by atoms with Gasteiger partial charge in [-0.3, -0.25) is 19.3 Å². The van der Waals surface area contributed by atoms with Crippen molar-refractivity contribution in [2.75, 3.05) is 20.3 Å². The zero-order chi connectivity index (χ0) is 24.7. The van der Waals surface area contributed by atoms with E-state index in [2.05, 4.69) is 22.6 Å². The zero-order valence-electron chi connectivity index (χ0n) is 19.3. The summed E-state index contributed by atoms with van der Waals surface area (Å²) in [5.74, 6) is 0.00663. The van der Waals surface area contributed by atoms with Crippen molar-refractivity contribution in [1.29, 1.82) is 0 Å². The number of ether oxygens (including phenoxy) is 3. The first-order chi connectivity index (χ1) is 16.3. The lowest BCUT2D eigenvalue weighted by atomic mass is 10.1. The Bertz CT molecular complexity index is 1100. The maximum absolute atomic E-state index is 12.7. The summed E-state index contributed by atoms with van der Waals surface area (Å²) in [6.07, 6.45) is 3.23.